The monoisotopic (exact) mass is 1440 g/mol. The van der Waals surface area contributed by atoms with Crippen LogP contribution in [0.4, 0.5) is 0 Å². The Kier molecular flexibility index (Phi) is 20.0. The van der Waals surface area contributed by atoms with Crippen LogP contribution in [-0.4, -0.2) is 252 Å². The lowest BCUT2D eigenvalue weighted by Crippen LogP contribution is -2.54. The Morgan fingerprint density at radius 2 is 0.844 bits per heavy atom. The third kappa shape index (κ3) is 12.5. The molecule has 0 saturated carbocycles. The SMILES string of the molecule is C=C(C)C(=O)OCC(=O)OC1C2CC3(C#N)C(O2)C1OS3(=O)=O.C=C(C)C(=O)OCC(=O)OC1C2CC3(C(=O)OC)C(O2)C1OS3(=O)=O.C=C(C)C(=O)OCC(=O)OC1C2OC3C1OS(=O)(=O)C3C2C#N.C=C(C)C(=O)OCC(=O)OC1C2OS(=O)(=O)C3C2OC1C3C(=O)OC. The molecule has 12 heterocycles. The molecule has 12 saturated heterocycles. The summed E-state index contributed by atoms with van der Waals surface area (Å²) in [6.45, 7) is 16.5. The Morgan fingerprint density at radius 1 is 0.458 bits per heavy atom. The molecular formula is C54H58N2O36S4. The highest BCUT2D eigenvalue weighted by atomic mass is 32.2. The minimum atomic E-state index is -4.30. The molecule has 0 amide bonds. The summed E-state index contributed by atoms with van der Waals surface area (Å²) in [4.78, 5) is 116. The molecule has 96 heavy (non-hydrogen) atoms. The summed E-state index contributed by atoms with van der Waals surface area (Å²) in [6, 6.07) is 3.63. The van der Waals surface area contributed by atoms with Gasteiger partial charge in [-0.25, -0.2) is 38.4 Å². The molecule has 12 rings (SSSR count). The predicted molar refractivity (Wildman–Crippen MR) is 297 cm³/mol. The second-order valence-corrected chi connectivity index (χ2v) is 30.2. The van der Waals surface area contributed by atoms with Crippen LogP contribution in [0.2, 0.25) is 0 Å². The van der Waals surface area contributed by atoms with Crippen molar-refractivity contribution in [3.63, 3.8) is 0 Å². The minimum Gasteiger partial charge on any atom is -0.469 e. The third-order valence-corrected chi connectivity index (χ3v) is 24.0. The maximum Gasteiger partial charge on any atom is 0.344 e. The lowest BCUT2D eigenvalue weighted by Gasteiger charge is -2.26. The number of hydrogen-bond acceptors (Lipinski definition) is 38. The number of methoxy groups -OCH3 is 2. The van der Waals surface area contributed by atoms with Crippen molar-refractivity contribution in [1.29, 1.82) is 10.5 Å². The number of fused-ring (bicyclic) bond motifs is 4. The molecular weight excluding hydrogens is 1380 g/mol. The zero-order valence-electron chi connectivity index (χ0n) is 50.8. The number of esters is 10. The van der Waals surface area contributed by atoms with E-state index >= 15 is 0 Å². The zero-order chi connectivity index (χ0) is 71.0. The van der Waals surface area contributed by atoms with Gasteiger partial charge in [0.1, 0.15) is 89.7 Å². The van der Waals surface area contributed by atoms with E-state index in [0.717, 1.165) is 14.2 Å². The summed E-state index contributed by atoms with van der Waals surface area (Å²) in [5.41, 5.74) is 0.475. The van der Waals surface area contributed by atoms with Crippen molar-refractivity contribution >= 4 is 100 Å². The van der Waals surface area contributed by atoms with Gasteiger partial charge in [0.05, 0.1) is 32.3 Å². The van der Waals surface area contributed by atoms with Crippen LogP contribution < -0.4 is 0 Å². The van der Waals surface area contributed by atoms with Crippen LogP contribution in [0.5, 0.6) is 0 Å². The second-order valence-electron chi connectivity index (χ2n) is 23.1. The van der Waals surface area contributed by atoms with Gasteiger partial charge < -0.3 is 66.3 Å². The molecule has 8 bridgehead atoms. The molecule has 0 N–H and O–H groups in total. The quantitative estimate of drug-likeness (QED) is 0.0542. The fourth-order valence-electron chi connectivity index (χ4n) is 12.7. The van der Waals surface area contributed by atoms with Gasteiger partial charge in [-0.2, -0.15) is 44.2 Å². The topological polar surface area (TPSA) is 521 Å². The second kappa shape index (κ2) is 26.5. The van der Waals surface area contributed by atoms with Gasteiger partial charge in [-0.15, -0.1) is 0 Å². The van der Waals surface area contributed by atoms with E-state index in [9.17, 15) is 86.9 Å². The number of carbonyl (C=O) groups is 10. The molecule has 0 aliphatic carbocycles. The van der Waals surface area contributed by atoms with E-state index in [2.05, 4.69) is 54.7 Å². The van der Waals surface area contributed by atoms with Crippen LogP contribution >= 0.6 is 0 Å². The maximum absolute atomic E-state index is 12.3. The van der Waals surface area contributed by atoms with E-state index < -0.39 is 256 Å². The Morgan fingerprint density at radius 3 is 1.27 bits per heavy atom. The normalized spacial score (nSPS) is 37.7. The Hall–Kier alpha value is -7.88. The van der Waals surface area contributed by atoms with E-state index in [1.807, 2.05) is 6.07 Å². The standard InChI is InChI=1S/2C14H16O10S.2C13H13NO8S/c1-6(2)12(16)21-5-8(15)23-9-7-4-14(13(17)20-3)11(22-7)10(9)24-25(14,18)19;1-5(2)13(16)21-4-6(15)22-9-8-7(14(17)20-3)12-11(23-8)10(9)24-25(12,18)19;1-6(2)12(16)19-4-8(15)21-9-7-3-13(5-14)11(20-7)10(9)22-23(13,17)18;1-5(2)13(16)19-4-7(15)20-9-8-6(3-14)12-11(21-8)10(9)22-23(12,17)18/h7,9-11H,1,4-5H2,2-3H3;7-12H,1,4H2,2-3H3;7,9-11H,1,3-4H2,2H3;6,8-12H,1,4H2,2H3. The number of ether oxygens (including phenoxy) is 14. The van der Waals surface area contributed by atoms with Gasteiger partial charge in [0.15, 0.2) is 50.8 Å². The highest BCUT2D eigenvalue weighted by Crippen LogP contribution is 2.57. The maximum atomic E-state index is 12.3. The molecule has 12 aliphatic rings. The van der Waals surface area contributed by atoms with E-state index in [4.69, 9.17) is 59.9 Å². The average Bonchev–Trinajstić information content (AvgIpc) is 1.56. The summed E-state index contributed by atoms with van der Waals surface area (Å²) in [5.74, 6) is -10.5. The first-order valence-electron chi connectivity index (χ1n) is 28.2. The summed E-state index contributed by atoms with van der Waals surface area (Å²) >= 11 is 0. The molecule has 22 atom stereocenters. The van der Waals surface area contributed by atoms with Gasteiger partial charge in [0.2, 0.25) is 9.49 Å². The molecule has 22 unspecified atom stereocenters. The van der Waals surface area contributed by atoms with Crippen LogP contribution in [0.3, 0.4) is 0 Å². The first-order valence-corrected chi connectivity index (χ1v) is 33.9. The van der Waals surface area contributed by atoms with E-state index in [1.165, 1.54) is 27.7 Å². The van der Waals surface area contributed by atoms with Crippen molar-refractivity contribution in [2.75, 3.05) is 40.6 Å². The van der Waals surface area contributed by atoms with Crippen molar-refractivity contribution in [3.8, 4) is 12.1 Å². The highest BCUT2D eigenvalue weighted by Gasteiger charge is 2.81. The molecule has 524 valence electrons. The van der Waals surface area contributed by atoms with Crippen molar-refractivity contribution < 1.29 is 165 Å². The van der Waals surface area contributed by atoms with Crippen LogP contribution in [0, 0.1) is 34.5 Å². The first-order chi connectivity index (χ1) is 44.8. The number of carbonyl (C=O) groups excluding carboxylic acids is 10. The largest absolute Gasteiger partial charge is 0.469 e. The zero-order valence-corrected chi connectivity index (χ0v) is 54.1. The molecule has 0 radical (unpaired) electrons. The fourth-order valence-corrected chi connectivity index (χ4v) is 19.7. The molecule has 0 aromatic rings. The lowest BCUT2D eigenvalue weighted by molar-refractivity contribution is -0.168. The molecule has 0 aromatic heterocycles. The van der Waals surface area contributed by atoms with Crippen molar-refractivity contribution in [3.05, 3.63) is 48.6 Å². The van der Waals surface area contributed by atoms with Gasteiger partial charge in [0, 0.05) is 35.1 Å². The van der Waals surface area contributed by atoms with Crippen molar-refractivity contribution in [2.45, 2.75) is 158 Å². The van der Waals surface area contributed by atoms with Gasteiger partial charge in [-0.1, -0.05) is 26.3 Å². The lowest BCUT2D eigenvalue weighted by atomic mass is 9.84. The molecule has 0 spiro atoms. The van der Waals surface area contributed by atoms with Crippen LogP contribution in [0.25, 0.3) is 0 Å². The molecule has 12 fully saturated rings. The minimum absolute atomic E-state index is 0.106. The number of nitriles is 2. The molecule has 38 nitrogen and oxygen atoms in total. The van der Waals surface area contributed by atoms with Gasteiger partial charge in [-0.3, -0.25) is 26.3 Å². The molecule has 0 aromatic carbocycles. The molecule has 42 heteroatoms. The first kappa shape index (κ1) is 72.4. The summed E-state index contributed by atoms with van der Waals surface area (Å²) in [7, 11) is -14.2. The predicted octanol–water partition coefficient (Wildman–Crippen LogP) is -4.27. The fraction of sp³-hybridized carbons (Fsp3) is 0.630. The number of rotatable bonds is 18. The van der Waals surface area contributed by atoms with Crippen LogP contribution in [-0.2, 0) is 171 Å². The average molecular weight is 1440 g/mol. The van der Waals surface area contributed by atoms with Gasteiger partial charge in [-0.05, 0) is 27.7 Å². The van der Waals surface area contributed by atoms with Gasteiger partial charge >= 0.3 is 59.7 Å². The molecule has 12 aliphatic heterocycles. The number of hydrogen-bond donors (Lipinski definition) is 0. The highest BCUT2D eigenvalue weighted by molar-refractivity contribution is 7.89. The summed E-state index contributed by atoms with van der Waals surface area (Å²) in [5, 5.41) is 16.1. The van der Waals surface area contributed by atoms with Crippen molar-refractivity contribution in [2.24, 2.45) is 11.8 Å². The Bertz CT molecular complexity index is 3970. The van der Waals surface area contributed by atoms with Crippen LogP contribution in [0.15, 0.2) is 48.6 Å². The number of nitrogens with zero attached hydrogens (tertiary/aromatic N) is 2. The van der Waals surface area contributed by atoms with E-state index in [0.29, 0.717) is 0 Å². The van der Waals surface area contributed by atoms with Gasteiger partial charge in [0.25, 0.3) is 40.5 Å². The van der Waals surface area contributed by atoms with Crippen molar-refractivity contribution in [1.82, 2.24) is 0 Å². The van der Waals surface area contributed by atoms with Crippen LogP contribution in [0.1, 0.15) is 40.5 Å². The summed E-state index contributed by atoms with van der Waals surface area (Å²) < 4.78 is 183. The van der Waals surface area contributed by atoms with E-state index in [-0.39, 0.29) is 35.1 Å². The Balaban J connectivity index is 0.000000150. The summed E-state index contributed by atoms with van der Waals surface area (Å²) in [6.07, 6.45) is -16.1. The Labute approximate surface area is 544 Å². The third-order valence-electron chi connectivity index (χ3n) is 16.8. The van der Waals surface area contributed by atoms with E-state index in [1.54, 1.807) is 6.07 Å². The smallest absolute Gasteiger partial charge is 0.344 e.